The van der Waals surface area contributed by atoms with E-state index in [4.69, 9.17) is 4.42 Å². The number of furan rings is 1. The first-order valence-corrected chi connectivity index (χ1v) is 9.19. The average molecular weight is 365 g/mol. The highest BCUT2D eigenvalue weighted by molar-refractivity contribution is 5.79. The highest BCUT2D eigenvalue weighted by atomic mass is 16.4. The molecule has 8 nitrogen and oxygen atoms in total. The maximum absolute atomic E-state index is 11.4. The van der Waals surface area contributed by atoms with Gasteiger partial charge in [0.15, 0.2) is 5.96 Å². The third kappa shape index (κ3) is 6.03. The molecule has 3 N–H and O–H groups in total. The number of piperazine rings is 1. The van der Waals surface area contributed by atoms with Crippen LogP contribution in [0.1, 0.15) is 26.5 Å². The summed E-state index contributed by atoms with van der Waals surface area (Å²) in [5, 5.41) is 17.0. The van der Waals surface area contributed by atoms with E-state index in [1.807, 2.05) is 11.8 Å². The maximum Gasteiger partial charge on any atom is 0.219 e. The topological polar surface area (TPSA) is 93.3 Å². The van der Waals surface area contributed by atoms with Crippen molar-refractivity contribution in [2.24, 2.45) is 4.99 Å². The first kappa shape index (κ1) is 20.3. The molecule has 1 aromatic heterocycles. The molecule has 1 aromatic rings. The summed E-state index contributed by atoms with van der Waals surface area (Å²) in [4.78, 5) is 20.0. The molecule has 0 saturated carbocycles. The lowest BCUT2D eigenvalue weighted by Crippen LogP contribution is -2.50. The van der Waals surface area contributed by atoms with Gasteiger partial charge in [0, 0.05) is 52.7 Å². The molecular weight excluding hydrogens is 334 g/mol. The zero-order valence-corrected chi connectivity index (χ0v) is 16.0. The predicted octanol–water partition coefficient (Wildman–Crippen LogP) is 0.206. The lowest BCUT2D eigenvalue weighted by molar-refractivity contribution is -0.130. The highest BCUT2D eigenvalue weighted by Gasteiger charge is 2.26. The second kappa shape index (κ2) is 9.59. The molecule has 1 unspecified atom stereocenters. The normalized spacial score (nSPS) is 18.5. The minimum atomic E-state index is -1.14. The molecule has 0 aromatic carbocycles. The van der Waals surface area contributed by atoms with Gasteiger partial charge in [-0.05, 0) is 26.0 Å². The molecule has 0 bridgehead atoms. The van der Waals surface area contributed by atoms with Crippen molar-refractivity contribution in [1.82, 2.24) is 20.4 Å². The van der Waals surface area contributed by atoms with Crippen molar-refractivity contribution in [3.8, 4) is 0 Å². The summed E-state index contributed by atoms with van der Waals surface area (Å²) in [6.07, 6.45) is 1.54. The van der Waals surface area contributed by atoms with Crippen molar-refractivity contribution < 1.29 is 14.3 Å². The van der Waals surface area contributed by atoms with E-state index in [1.165, 1.54) is 0 Å². The van der Waals surface area contributed by atoms with Crippen LogP contribution in [0.4, 0.5) is 0 Å². The predicted molar refractivity (Wildman–Crippen MR) is 101 cm³/mol. The van der Waals surface area contributed by atoms with Crippen molar-refractivity contribution in [2.75, 3.05) is 52.4 Å². The zero-order valence-electron chi connectivity index (χ0n) is 16.0. The van der Waals surface area contributed by atoms with Gasteiger partial charge in [0.05, 0.1) is 12.8 Å². The van der Waals surface area contributed by atoms with Crippen LogP contribution in [0, 0.1) is 0 Å². The molecule has 146 valence electrons. The van der Waals surface area contributed by atoms with Crippen molar-refractivity contribution in [1.29, 1.82) is 0 Å². The van der Waals surface area contributed by atoms with E-state index in [0.29, 0.717) is 11.7 Å². The number of nitrogens with zero attached hydrogens (tertiary/aromatic N) is 3. The van der Waals surface area contributed by atoms with E-state index in [-0.39, 0.29) is 12.5 Å². The third-order valence-electron chi connectivity index (χ3n) is 4.48. The summed E-state index contributed by atoms with van der Waals surface area (Å²) in [6, 6.07) is 3.50. The summed E-state index contributed by atoms with van der Waals surface area (Å²) in [6.45, 7) is 11.2. The van der Waals surface area contributed by atoms with Crippen LogP contribution in [-0.4, -0.2) is 79.1 Å². The fourth-order valence-corrected chi connectivity index (χ4v) is 2.86. The van der Waals surface area contributed by atoms with Crippen LogP contribution in [0.25, 0.3) is 0 Å². The molecular formula is C18H31N5O3. The minimum absolute atomic E-state index is 0.146. The van der Waals surface area contributed by atoms with E-state index in [0.717, 1.165) is 45.8 Å². The molecule has 1 amide bonds. The van der Waals surface area contributed by atoms with E-state index in [2.05, 4.69) is 20.5 Å². The monoisotopic (exact) mass is 365 g/mol. The van der Waals surface area contributed by atoms with Crippen molar-refractivity contribution in [3.63, 3.8) is 0 Å². The second-order valence-corrected chi connectivity index (χ2v) is 6.72. The van der Waals surface area contributed by atoms with E-state index < -0.39 is 5.60 Å². The van der Waals surface area contributed by atoms with Gasteiger partial charge in [0.2, 0.25) is 5.91 Å². The van der Waals surface area contributed by atoms with Crippen molar-refractivity contribution >= 4 is 11.9 Å². The number of aliphatic hydroxyl groups is 1. The van der Waals surface area contributed by atoms with E-state index >= 15 is 0 Å². The molecule has 1 aliphatic heterocycles. The zero-order chi connectivity index (χ0) is 19.0. The Morgan fingerprint density at radius 1 is 1.35 bits per heavy atom. The average Bonchev–Trinajstić information content (AvgIpc) is 3.16. The van der Waals surface area contributed by atoms with Gasteiger partial charge in [-0.25, -0.2) is 4.99 Å². The molecule has 0 aliphatic carbocycles. The number of carbonyl (C=O) groups is 1. The van der Waals surface area contributed by atoms with Crippen molar-refractivity contribution in [2.45, 2.75) is 26.4 Å². The number of aliphatic imine (C=N–C) groups is 1. The summed E-state index contributed by atoms with van der Waals surface area (Å²) < 4.78 is 5.28. The molecule has 1 aliphatic rings. The quantitative estimate of drug-likeness (QED) is 0.472. The lowest BCUT2D eigenvalue weighted by Gasteiger charge is -2.34. The SMILES string of the molecule is CCNC(=NCC(C)(O)c1ccco1)NCCN1CCN(C(C)=O)CC1. The Hall–Kier alpha value is -2.06. The van der Waals surface area contributed by atoms with Crippen LogP contribution in [0.3, 0.4) is 0 Å². The molecule has 1 fully saturated rings. The van der Waals surface area contributed by atoms with Crippen LogP contribution >= 0.6 is 0 Å². The number of rotatable bonds is 7. The number of guanidine groups is 1. The van der Waals surface area contributed by atoms with Crippen LogP contribution in [-0.2, 0) is 10.4 Å². The number of amides is 1. The van der Waals surface area contributed by atoms with Crippen LogP contribution in [0.15, 0.2) is 27.8 Å². The molecule has 0 radical (unpaired) electrons. The summed E-state index contributed by atoms with van der Waals surface area (Å²) in [5.74, 6) is 1.31. The Balaban J connectivity index is 1.78. The Morgan fingerprint density at radius 2 is 2.08 bits per heavy atom. The van der Waals surface area contributed by atoms with Crippen LogP contribution in [0.2, 0.25) is 0 Å². The fourth-order valence-electron chi connectivity index (χ4n) is 2.86. The summed E-state index contributed by atoms with van der Waals surface area (Å²) >= 11 is 0. The summed E-state index contributed by atoms with van der Waals surface area (Å²) in [5.41, 5.74) is -1.14. The molecule has 0 spiro atoms. The third-order valence-corrected chi connectivity index (χ3v) is 4.48. The molecule has 1 atom stereocenters. The Kier molecular flexibility index (Phi) is 7.47. The Morgan fingerprint density at radius 3 is 2.65 bits per heavy atom. The Bertz CT molecular complexity index is 578. The van der Waals surface area contributed by atoms with Gasteiger partial charge in [-0.15, -0.1) is 0 Å². The number of carbonyl (C=O) groups excluding carboxylic acids is 1. The lowest BCUT2D eigenvalue weighted by atomic mass is 10.0. The molecule has 26 heavy (non-hydrogen) atoms. The van der Waals surface area contributed by atoms with Gasteiger partial charge in [-0.3, -0.25) is 9.69 Å². The molecule has 8 heteroatoms. The van der Waals surface area contributed by atoms with Gasteiger partial charge < -0.3 is 25.1 Å². The highest BCUT2D eigenvalue weighted by Crippen LogP contribution is 2.20. The van der Waals surface area contributed by atoms with Gasteiger partial charge in [0.1, 0.15) is 11.4 Å². The standard InChI is InChI=1S/C18H31N5O3/c1-4-19-17(21-14-18(3,25)16-6-5-13-26-16)20-7-8-22-9-11-23(12-10-22)15(2)24/h5-6,13,25H,4,7-12,14H2,1-3H3,(H2,19,20,21). The number of hydrogen-bond donors (Lipinski definition) is 3. The van der Waals surface area contributed by atoms with E-state index in [9.17, 15) is 9.90 Å². The van der Waals surface area contributed by atoms with Gasteiger partial charge in [-0.1, -0.05) is 0 Å². The van der Waals surface area contributed by atoms with Crippen LogP contribution < -0.4 is 10.6 Å². The molecule has 1 saturated heterocycles. The fraction of sp³-hybridized carbons (Fsp3) is 0.667. The molecule has 2 heterocycles. The van der Waals surface area contributed by atoms with Gasteiger partial charge in [0.25, 0.3) is 0 Å². The summed E-state index contributed by atoms with van der Waals surface area (Å²) in [7, 11) is 0. The largest absolute Gasteiger partial charge is 0.466 e. The smallest absolute Gasteiger partial charge is 0.219 e. The van der Waals surface area contributed by atoms with Gasteiger partial charge in [-0.2, -0.15) is 0 Å². The first-order valence-electron chi connectivity index (χ1n) is 9.19. The van der Waals surface area contributed by atoms with Crippen molar-refractivity contribution in [3.05, 3.63) is 24.2 Å². The van der Waals surface area contributed by atoms with Gasteiger partial charge >= 0.3 is 0 Å². The Labute approximate surface area is 155 Å². The molecule has 2 rings (SSSR count). The second-order valence-electron chi connectivity index (χ2n) is 6.72. The van der Waals surface area contributed by atoms with Crippen LogP contribution in [0.5, 0.6) is 0 Å². The minimum Gasteiger partial charge on any atom is -0.466 e. The maximum atomic E-state index is 11.4. The first-order chi connectivity index (χ1) is 12.4. The van der Waals surface area contributed by atoms with E-state index in [1.54, 1.807) is 32.2 Å². The number of hydrogen-bond acceptors (Lipinski definition) is 5. The number of nitrogens with one attached hydrogen (secondary N) is 2.